The molecule has 1 unspecified atom stereocenters. The average molecular weight is 331 g/mol. The lowest BCUT2D eigenvalue weighted by molar-refractivity contribution is -0.140. The summed E-state index contributed by atoms with van der Waals surface area (Å²) < 4.78 is 27.6. The number of benzene rings is 1. The van der Waals surface area contributed by atoms with Crippen LogP contribution in [0, 0.1) is 33.6 Å². The third kappa shape index (κ3) is 4.06. The van der Waals surface area contributed by atoms with Crippen molar-refractivity contribution in [2.45, 2.75) is 52.5 Å². The van der Waals surface area contributed by atoms with E-state index in [1.165, 1.54) is 0 Å². The van der Waals surface area contributed by atoms with Gasteiger partial charge < -0.3 is 10.6 Å². The Kier molecular flexibility index (Phi) is 6.74. The second kappa shape index (κ2) is 7.21. The lowest BCUT2D eigenvalue weighted by atomic mass is 10.0. The number of aliphatic carboxylic acids is 1. The summed E-state index contributed by atoms with van der Waals surface area (Å²) >= 11 is 0. The van der Waals surface area contributed by atoms with Crippen LogP contribution in [0.3, 0.4) is 0 Å². The zero-order chi connectivity index (χ0) is 16.5. The van der Waals surface area contributed by atoms with E-state index in [1.54, 1.807) is 27.7 Å². The van der Waals surface area contributed by atoms with Crippen molar-refractivity contribution in [3.05, 3.63) is 28.3 Å². The highest BCUT2D eigenvalue weighted by atomic mass is 32.2. The number of rotatable bonds is 5. The number of carboxylic acid groups (broad SMARTS) is 1. The predicted octanol–water partition coefficient (Wildman–Crippen LogP) is 1.48. The Balaban J connectivity index is 0.00000441. The first-order chi connectivity index (χ1) is 9.49. The Morgan fingerprint density at radius 2 is 1.50 bits per heavy atom. The van der Waals surface area contributed by atoms with Crippen LogP contribution in [0.5, 0.6) is 0 Å². The summed E-state index contributed by atoms with van der Waals surface area (Å²) in [4.78, 5) is 11.4. The van der Waals surface area contributed by atoms with Crippen molar-refractivity contribution in [2.75, 3.05) is 0 Å². The van der Waals surface area contributed by atoms with Gasteiger partial charge in [-0.25, -0.2) is 8.42 Å². The Morgan fingerprint density at radius 3 is 1.82 bits per heavy atom. The van der Waals surface area contributed by atoms with Gasteiger partial charge in [0.25, 0.3) is 0 Å². The monoisotopic (exact) mass is 331 g/mol. The normalized spacial score (nSPS) is 12.9. The van der Waals surface area contributed by atoms with E-state index in [0.717, 1.165) is 11.1 Å². The molecule has 0 fully saturated rings. The molecule has 0 amide bonds. The van der Waals surface area contributed by atoms with Crippen molar-refractivity contribution in [1.29, 1.82) is 0 Å². The largest absolute Gasteiger partial charge is 0.480 e. The molecule has 0 aliphatic heterocycles. The fourth-order valence-electron chi connectivity index (χ4n) is 2.28. The first-order valence-electron chi connectivity index (χ1n) is 6.81. The van der Waals surface area contributed by atoms with Crippen molar-refractivity contribution in [3.8, 4) is 0 Å². The van der Waals surface area contributed by atoms with Crippen LogP contribution in [0.15, 0.2) is 11.0 Å². The van der Waals surface area contributed by atoms with Crippen LogP contribution >= 0.6 is 0 Å². The van der Waals surface area contributed by atoms with E-state index in [9.17, 15) is 18.3 Å². The summed E-state index contributed by atoms with van der Waals surface area (Å²) in [6.45, 7) is 10.5. The van der Waals surface area contributed by atoms with Crippen molar-refractivity contribution in [1.82, 2.24) is 4.72 Å². The molecule has 0 aliphatic carbocycles. The standard InChI is InChI=1S/C15H23NO4S.H2O/c1-8(2)13(15(17)18)16-21(19,20)14-11(5)9(3)7-10(4)12(14)6;/h7-8,13,16H,1-6H3,(H,17,18);1H2. The number of hydrogen-bond acceptors (Lipinski definition) is 3. The number of hydrogen-bond donors (Lipinski definition) is 2. The van der Waals surface area contributed by atoms with Crippen LogP contribution in [0.1, 0.15) is 36.1 Å². The maximum Gasteiger partial charge on any atom is 0.322 e. The van der Waals surface area contributed by atoms with E-state index in [1.807, 2.05) is 19.9 Å². The van der Waals surface area contributed by atoms with Crippen LogP contribution in [0.4, 0.5) is 0 Å². The molecule has 0 aliphatic rings. The van der Waals surface area contributed by atoms with Gasteiger partial charge in [-0.2, -0.15) is 4.72 Å². The smallest absolute Gasteiger partial charge is 0.322 e. The average Bonchev–Trinajstić information content (AvgIpc) is 2.33. The maximum atomic E-state index is 12.6. The summed E-state index contributed by atoms with van der Waals surface area (Å²) in [5, 5.41) is 9.17. The SMILES string of the molecule is Cc1cc(C)c(C)c(S(=O)(=O)NC(C(=O)O)C(C)C)c1C.O. The van der Waals surface area contributed by atoms with Crippen molar-refractivity contribution >= 4 is 16.0 Å². The molecule has 0 saturated heterocycles. The lowest BCUT2D eigenvalue weighted by Crippen LogP contribution is -2.44. The van der Waals surface area contributed by atoms with Gasteiger partial charge in [0.15, 0.2) is 0 Å². The fourth-order valence-corrected chi connectivity index (χ4v) is 4.23. The van der Waals surface area contributed by atoms with Gasteiger partial charge in [-0.15, -0.1) is 0 Å². The van der Waals surface area contributed by atoms with E-state index >= 15 is 0 Å². The van der Waals surface area contributed by atoms with Gasteiger partial charge >= 0.3 is 5.97 Å². The van der Waals surface area contributed by atoms with Crippen LogP contribution in [-0.2, 0) is 14.8 Å². The number of sulfonamides is 1. The Labute approximate surface area is 131 Å². The molecule has 6 nitrogen and oxygen atoms in total. The maximum absolute atomic E-state index is 12.6. The molecule has 22 heavy (non-hydrogen) atoms. The number of carboxylic acids is 1. The van der Waals surface area contributed by atoms with Gasteiger partial charge in [0.05, 0.1) is 4.90 Å². The molecule has 0 bridgehead atoms. The first kappa shape index (κ1) is 20.6. The summed E-state index contributed by atoms with van der Waals surface area (Å²) in [6.07, 6.45) is 0. The highest BCUT2D eigenvalue weighted by molar-refractivity contribution is 7.89. The fraction of sp³-hybridized carbons (Fsp3) is 0.533. The lowest BCUT2D eigenvalue weighted by Gasteiger charge is -2.21. The molecular weight excluding hydrogens is 306 g/mol. The third-order valence-corrected chi connectivity index (χ3v) is 5.49. The topological polar surface area (TPSA) is 115 Å². The van der Waals surface area contributed by atoms with Gasteiger partial charge in [0.2, 0.25) is 10.0 Å². The molecule has 0 aromatic heterocycles. The molecule has 1 atom stereocenters. The summed E-state index contributed by atoms with van der Waals surface area (Å²) in [6, 6.07) is 0.787. The second-order valence-corrected chi connectivity index (χ2v) is 7.42. The van der Waals surface area contributed by atoms with Crippen molar-refractivity contribution < 1.29 is 23.8 Å². The minimum atomic E-state index is -3.89. The molecule has 0 radical (unpaired) electrons. The quantitative estimate of drug-likeness (QED) is 0.850. The second-order valence-electron chi connectivity index (χ2n) is 5.77. The summed E-state index contributed by atoms with van der Waals surface area (Å²) in [5.74, 6) is -1.52. The predicted molar refractivity (Wildman–Crippen MR) is 85.6 cm³/mol. The molecule has 1 aromatic carbocycles. The van der Waals surface area contributed by atoms with Crippen LogP contribution in [-0.4, -0.2) is 31.0 Å². The molecule has 1 rings (SSSR count). The zero-order valence-electron chi connectivity index (χ0n) is 13.8. The Hall–Kier alpha value is -1.44. The zero-order valence-corrected chi connectivity index (χ0v) is 14.6. The van der Waals surface area contributed by atoms with Crippen LogP contribution in [0.25, 0.3) is 0 Å². The summed E-state index contributed by atoms with van der Waals surface area (Å²) in [5.41, 5.74) is 3.04. The van der Waals surface area contributed by atoms with E-state index in [4.69, 9.17) is 0 Å². The van der Waals surface area contributed by atoms with E-state index in [2.05, 4.69) is 4.72 Å². The van der Waals surface area contributed by atoms with Gasteiger partial charge in [-0.05, 0) is 55.9 Å². The third-order valence-electron chi connectivity index (χ3n) is 3.78. The van der Waals surface area contributed by atoms with Gasteiger partial charge in [0, 0.05) is 0 Å². The highest BCUT2D eigenvalue weighted by Gasteiger charge is 2.30. The van der Waals surface area contributed by atoms with E-state index in [-0.39, 0.29) is 16.3 Å². The minimum absolute atomic E-state index is 0. The Morgan fingerprint density at radius 1 is 1.09 bits per heavy atom. The van der Waals surface area contributed by atoms with Gasteiger partial charge in [-0.3, -0.25) is 4.79 Å². The van der Waals surface area contributed by atoms with E-state index in [0.29, 0.717) is 11.1 Å². The number of carbonyl (C=O) groups is 1. The number of aryl methyl sites for hydroxylation is 2. The Bertz CT molecular complexity index is 639. The number of nitrogens with one attached hydrogen (secondary N) is 1. The van der Waals surface area contributed by atoms with Crippen molar-refractivity contribution in [2.24, 2.45) is 5.92 Å². The molecule has 1 aromatic rings. The van der Waals surface area contributed by atoms with Gasteiger partial charge in [-0.1, -0.05) is 19.9 Å². The first-order valence-corrected chi connectivity index (χ1v) is 8.30. The summed E-state index contributed by atoms with van der Waals surface area (Å²) in [7, 11) is -3.89. The van der Waals surface area contributed by atoms with Crippen molar-refractivity contribution in [3.63, 3.8) is 0 Å². The highest BCUT2D eigenvalue weighted by Crippen LogP contribution is 2.26. The van der Waals surface area contributed by atoms with E-state index < -0.39 is 22.0 Å². The molecule has 7 heteroatoms. The van der Waals surface area contributed by atoms with Gasteiger partial charge in [0.1, 0.15) is 6.04 Å². The van der Waals surface area contributed by atoms with Crippen LogP contribution in [0.2, 0.25) is 0 Å². The van der Waals surface area contributed by atoms with Crippen LogP contribution < -0.4 is 4.72 Å². The molecule has 126 valence electrons. The molecule has 0 saturated carbocycles. The molecular formula is C15H25NO5S. The molecule has 0 heterocycles. The molecule has 4 N–H and O–H groups in total. The minimum Gasteiger partial charge on any atom is -0.480 e. The molecule has 0 spiro atoms.